The van der Waals surface area contributed by atoms with E-state index in [1.54, 1.807) is 0 Å². The first kappa shape index (κ1) is 28.4. The molecule has 0 spiro atoms. The van der Waals surface area contributed by atoms with E-state index in [0.717, 1.165) is 5.69 Å². The van der Waals surface area contributed by atoms with E-state index < -0.39 is 0 Å². The topological polar surface area (TPSA) is 9.86 Å². The van der Waals surface area contributed by atoms with Gasteiger partial charge < -0.3 is 9.13 Å². The van der Waals surface area contributed by atoms with E-state index in [1.807, 2.05) is 11.3 Å². The Bertz CT molecular complexity index is 3120. The lowest BCUT2D eigenvalue weighted by Gasteiger charge is -2.11. The first-order valence-electron chi connectivity index (χ1n) is 17.4. The van der Waals surface area contributed by atoms with Crippen molar-refractivity contribution in [1.82, 2.24) is 9.13 Å². The first-order chi connectivity index (χ1) is 25.3. The van der Waals surface area contributed by atoms with Crippen LogP contribution in [0.25, 0.3) is 97.4 Å². The van der Waals surface area contributed by atoms with Gasteiger partial charge in [-0.05, 0) is 82.9 Å². The molecule has 0 N–H and O–H groups in total. The van der Waals surface area contributed by atoms with Crippen molar-refractivity contribution < 1.29 is 0 Å². The monoisotopic (exact) mass is 666 g/mol. The summed E-state index contributed by atoms with van der Waals surface area (Å²) in [6.07, 6.45) is 0. The van der Waals surface area contributed by atoms with Crippen molar-refractivity contribution in [3.05, 3.63) is 182 Å². The van der Waals surface area contributed by atoms with Crippen LogP contribution in [0.2, 0.25) is 0 Å². The Morgan fingerprint density at radius 1 is 0.314 bits per heavy atom. The van der Waals surface area contributed by atoms with Crippen LogP contribution in [0.4, 0.5) is 0 Å². The van der Waals surface area contributed by atoms with Crippen LogP contribution in [0.3, 0.4) is 0 Å². The predicted molar refractivity (Wildman–Crippen MR) is 219 cm³/mol. The van der Waals surface area contributed by atoms with Gasteiger partial charge in [0.1, 0.15) is 0 Å². The lowest BCUT2D eigenvalue weighted by Crippen LogP contribution is -1.94. The number of nitrogens with zero attached hydrogens (tertiary/aromatic N) is 2. The molecule has 11 aromatic rings. The molecule has 3 aromatic heterocycles. The zero-order valence-electron chi connectivity index (χ0n) is 27.6. The number of fused-ring (bicyclic) bond motifs is 9. The summed E-state index contributed by atoms with van der Waals surface area (Å²) in [6.45, 7) is 0. The maximum absolute atomic E-state index is 2.41. The minimum absolute atomic E-state index is 1.16. The van der Waals surface area contributed by atoms with Crippen LogP contribution in [-0.2, 0) is 0 Å². The molecule has 238 valence electrons. The molecule has 0 saturated carbocycles. The van der Waals surface area contributed by atoms with Gasteiger partial charge in [0.15, 0.2) is 0 Å². The molecular formula is C48H30N2S. The van der Waals surface area contributed by atoms with Crippen molar-refractivity contribution in [3.63, 3.8) is 0 Å². The number of para-hydroxylation sites is 3. The van der Waals surface area contributed by atoms with Gasteiger partial charge in [0.25, 0.3) is 0 Å². The Morgan fingerprint density at radius 3 is 1.67 bits per heavy atom. The molecule has 0 saturated heterocycles. The smallest absolute Gasteiger partial charge is 0.0547 e. The average molecular weight is 667 g/mol. The highest BCUT2D eigenvalue weighted by Gasteiger charge is 2.17. The lowest BCUT2D eigenvalue weighted by molar-refractivity contribution is 1.18. The highest BCUT2D eigenvalue weighted by Crippen LogP contribution is 2.41. The molecule has 3 heterocycles. The minimum Gasteiger partial charge on any atom is -0.309 e. The Hall–Kier alpha value is -6.42. The molecule has 0 unspecified atom stereocenters. The van der Waals surface area contributed by atoms with Gasteiger partial charge in [0, 0.05) is 53.1 Å². The zero-order chi connectivity index (χ0) is 33.5. The van der Waals surface area contributed by atoms with Crippen molar-refractivity contribution in [3.8, 4) is 33.6 Å². The van der Waals surface area contributed by atoms with Gasteiger partial charge in [-0.1, -0.05) is 121 Å². The maximum atomic E-state index is 2.41. The van der Waals surface area contributed by atoms with E-state index in [-0.39, 0.29) is 0 Å². The SMILES string of the molecule is c1ccc(-n2c3ccccc3c3ccc(-c4ccc5c(c4)c4ccccc4n5-c4ccc(-c5cccc6c5sc5ccccc56)cc4)cc32)cc1. The van der Waals surface area contributed by atoms with E-state index in [9.17, 15) is 0 Å². The van der Waals surface area contributed by atoms with Crippen molar-refractivity contribution in [2.45, 2.75) is 0 Å². The summed E-state index contributed by atoms with van der Waals surface area (Å²) in [6, 6.07) is 66.6. The van der Waals surface area contributed by atoms with Crippen LogP contribution in [0, 0.1) is 0 Å². The number of hydrogen-bond acceptors (Lipinski definition) is 1. The number of hydrogen-bond donors (Lipinski definition) is 0. The second-order valence-electron chi connectivity index (χ2n) is 13.3. The summed E-state index contributed by atoms with van der Waals surface area (Å²) in [5.74, 6) is 0. The predicted octanol–water partition coefficient (Wildman–Crippen LogP) is 13.6. The molecule has 3 heteroatoms. The summed E-state index contributed by atoms with van der Waals surface area (Å²) in [5.41, 5.74) is 12.1. The van der Waals surface area contributed by atoms with Crippen molar-refractivity contribution in [1.29, 1.82) is 0 Å². The fraction of sp³-hybridized carbons (Fsp3) is 0. The number of aromatic nitrogens is 2. The molecule has 0 aliphatic carbocycles. The highest BCUT2D eigenvalue weighted by atomic mass is 32.1. The normalized spacial score (nSPS) is 11.9. The van der Waals surface area contributed by atoms with Gasteiger partial charge in [-0.25, -0.2) is 0 Å². The van der Waals surface area contributed by atoms with Gasteiger partial charge in [-0.3, -0.25) is 0 Å². The quantitative estimate of drug-likeness (QED) is 0.177. The van der Waals surface area contributed by atoms with E-state index in [1.165, 1.54) is 91.7 Å². The molecule has 0 aliphatic heterocycles. The molecule has 11 rings (SSSR count). The highest BCUT2D eigenvalue weighted by molar-refractivity contribution is 7.26. The average Bonchev–Trinajstić information content (AvgIpc) is 3.85. The summed E-state index contributed by atoms with van der Waals surface area (Å²) in [7, 11) is 0. The summed E-state index contributed by atoms with van der Waals surface area (Å²) < 4.78 is 7.48. The van der Waals surface area contributed by atoms with E-state index >= 15 is 0 Å². The molecule has 0 aliphatic rings. The van der Waals surface area contributed by atoms with E-state index in [2.05, 4.69) is 191 Å². The molecule has 0 fully saturated rings. The Labute approximate surface area is 298 Å². The third kappa shape index (κ3) is 4.29. The molecule has 0 atom stereocenters. The zero-order valence-corrected chi connectivity index (χ0v) is 28.4. The van der Waals surface area contributed by atoms with E-state index in [4.69, 9.17) is 0 Å². The van der Waals surface area contributed by atoms with Crippen LogP contribution < -0.4 is 0 Å². The molecule has 0 bridgehead atoms. The van der Waals surface area contributed by atoms with Gasteiger partial charge >= 0.3 is 0 Å². The molecule has 51 heavy (non-hydrogen) atoms. The van der Waals surface area contributed by atoms with Crippen LogP contribution in [0.15, 0.2) is 182 Å². The third-order valence-electron chi connectivity index (χ3n) is 10.5. The van der Waals surface area contributed by atoms with Crippen molar-refractivity contribution in [2.75, 3.05) is 0 Å². The molecule has 8 aromatic carbocycles. The Kier molecular flexibility index (Phi) is 6.16. The second kappa shape index (κ2) is 11.0. The summed E-state index contributed by atoms with van der Waals surface area (Å²) in [4.78, 5) is 0. The Balaban J connectivity index is 1.05. The molecular weight excluding hydrogens is 637 g/mol. The van der Waals surface area contributed by atoms with Gasteiger partial charge in [0.05, 0.1) is 22.1 Å². The number of thiophene rings is 1. The maximum Gasteiger partial charge on any atom is 0.0547 e. The second-order valence-corrected chi connectivity index (χ2v) is 14.4. The summed E-state index contributed by atoms with van der Waals surface area (Å²) >= 11 is 1.88. The molecule has 2 nitrogen and oxygen atoms in total. The molecule has 0 radical (unpaired) electrons. The summed E-state index contributed by atoms with van der Waals surface area (Å²) in [5, 5.41) is 7.71. The van der Waals surface area contributed by atoms with Crippen LogP contribution in [0.5, 0.6) is 0 Å². The van der Waals surface area contributed by atoms with Crippen molar-refractivity contribution >= 4 is 75.1 Å². The largest absolute Gasteiger partial charge is 0.309 e. The first-order valence-corrected chi connectivity index (χ1v) is 18.3. The van der Waals surface area contributed by atoms with E-state index in [0.29, 0.717) is 0 Å². The van der Waals surface area contributed by atoms with Crippen molar-refractivity contribution in [2.24, 2.45) is 0 Å². The van der Waals surface area contributed by atoms with Crippen LogP contribution in [0.1, 0.15) is 0 Å². The van der Waals surface area contributed by atoms with Crippen LogP contribution in [-0.4, -0.2) is 9.13 Å². The standard InChI is InChI=1S/C48H30N2S/c1-2-11-34(12-3-1)50-43-18-7-4-13-37(43)39-27-23-33(30-46(39)50)32-24-28-45-42(29-32)38-14-5-8-19-44(38)49(45)35-25-21-31(22-26-35)36-16-10-17-41-40-15-6-9-20-47(40)51-48(36)41/h1-30H. The Morgan fingerprint density at radius 2 is 0.863 bits per heavy atom. The number of rotatable bonds is 4. The minimum atomic E-state index is 1.16. The fourth-order valence-corrected chi connectivity index (χ4v) is 9.44. The van der Waals surface area contributed by atoms with Gasteiger partial charge in [-0.2, -0.15) is 0 Å². The van der Waals surface area contributed by atoms with Crippen LogP contribution >= 0.6 is 11.3 Å². The number of benzene rings is 8. The third-order valence-corrected chi connectivity index (χ3v) is 11.8. The van der Waals surface area contributed by atoms with Gasteiger partial charge in [-0.15, -0.1) is 11.3 Å². The molecule has 0 amide bonds. The lowest BCUT2D eigenvalue weighted by atomic mass is 10.0. The fourth-order valence-electron chi connectivity index (χ4n) is 8.20. The van der Waals surface area contributed by atoms with Gasteiger partial charge in [0.2, 0.25) is 0 Å².